The number of azo groups is 1. The van der Waals surface area contributed by atoms with E-state index in [0.29, 0.717) is 5.69 Å². The first-order chi connectivity index (χ1) is 11.0. The summed E-state index contributed by atoms with van der Waals surface area (Å²) >= 11 is 0. The Bertz CT molecular complexity index is 1010. The molecule has 0 unspecified atom stereocenters. The Hall–Kier alpha value is -1.77. The number of rotatable bonds is 3. The summed E-state index contributed by atoms with van der Waals surface area (Å²) in [6.45, 7) is 0. The maximum atomic E-state index is 11.4. The third kappa shape index (κ3) is 3.82. The molecule has 0 fully saturated rings. The van der Waals surface area contributed by atoms with Gasteiger partial charge in [0.2, 0.25) is 0 Å². The van der Waals surface area contributed by atoms with Gasteiger partial charge in [-0.2, -0.15) is 13.5 Å². The normalized spacial score (nSPS) is 11.5. The third-order valence-electron chi connectivity index (χ3n) is 3.28. The van der Waals surface area contributed by atoms with Crippen molar-refractivity contribution in [3.63, 3.8) is 0 Å². The molecule has 0 aromatic heterocycles. The van der Waals surface area contributed by atoms with E-state index >= 15 is 0 Å². The Kier molecular flexibility index (Phi) is 5.74. The van der Waals surface area contributed by atoms with E-state index in [1.165, 1.54) is 24.3 Å². The Morgan fingerprint density at radius 1 is 0.792 bits per heavy atom. The van der Waals surface area contributed by atoms with Crippen LogP contribution in [-0.2, 0) is 10.1 Å². The van der Waals surface area contributed by atoms with Gasteiger partial charge in [-0.15, -0.1) is 5.11 Å². The minimum absolute atomic E-state index is 0. The van der Waals surface area contributed by atoms with Gasteiger partial charge < -0.3 is 5.11 Å². The molecule has 0 heterocycles. The molecule has 0 spiro atoms. The third-order valence-corrected chi connectivity index (χ3v) is 4.19. The molecule has 24 heavy (non-hydrogen) atoms. The molecule has 3 aromatic carbocycles. The summed E-state index contributed by atoms with van der Waals surface area (Å²) < 4.78 is 32.0. The number of phenolic OH excluding ortho intramolecular Hbond substituents is 1. The molecule has 3 aromatic rings. The summed E-state index contributed by atoms with van der Waals surface area (Å²) in [5.74, 6) is -0.201. The average Bonchev–Trinajstić information content (AvgIpc) is 2.54. The van der Waals surface area contributed by atoms with E-state index in [0.717, 1.165) is 0 Å². The first-order valence-electron chi connectivity index (χ1n) is 6.66. The van der Waals surface area contributed by atoms with Gasteiger partial charge >= 0.3 is 0 Å². The molecule has 1 radical (unpaired) electrons. The minimum Gasteiger partial charge on any atom is -0.505 e. The van der Waals surface area contributed by atoms with Crippen molar-refractivity contribution in [3.8, 4) is 5.75 Å². The van der Waals surface area contributed by atoms with Crippen LogP contribution >= 0.6 is 0 Å². The Balaban J connectivity index is 0.00000208. The van der Waals surface area contributed by atoms with E-state index in [4.69, 9.17) is 0 Å². The summed E-state index contributed by atoms with van der Waals surface area (Å²) in [6.07, 6.45) is 0. The molecule has 3 rings (SSSR count). The van der Waals surface area contributed by atoms with Crippen LogP contribution in [0.1, 0.15) is 0 Å². The first kappa shape index (κ1) is 18.6. The summed E-state index contributed by atoms with van der Waals surface area (Å²) in [5, 5.41) is 18.8. The standard InChI is InChI=1S/C16H12N2O4S.Na/c19-16-13-7-4-8-15(23(20,21)22)12(13)9-10-14(16)18-17-11-5-2-1-3-6-11;/h1-10,19H,(H,20,21,22);. The summed E-state index contributed by atoms with van der Waals surface area (Å²) in [7, 11) is -4.38. The topological polar surface area (TPSA) is 99.3 Å². The van der Waals surface area contributed by atoms with Crippen molar-refractivity contribution in [2.45, 2.75) is 4.90 Å². The molecular weight excluding hydrogens is 339 g/mol. The Labute approximate surface area is 160 Å². The van der Waals surface area contributed by atoms with E-state index < -0.39 is 10.1 Å². The van der Waals surface area contributed by atoms with Gasteiger partial charge in [0, 0.05) is 40.3 Å². The number of hydrogen-bond donors (Lipinski definition) is 2. The van der Waals surface area contributed by atoms with Crippen molar-refractivity contribution in [2.75, 3.05) is 0 Å². The monoisotopic (exact) mass is 351 g/mol. The van der Waals surface area contributed by atoms with Crippen molar-refractivity contribution < 1.29 is 18.1 Å². The molecule has 0 saturated carbocycles. The van der Waals surface area contributed by atoms with Gasteiger partial charge in [0.05, 0.1) is 5.69 Å². The zero-order valence-corrected chi connectivity index (χ0v) is 15.6. The predicted molar refractivity (Wildman–Crippen MR) is 91.8 cm³/mol. The van der Waals surface area contributed by atoms with Crippen molar-refractivity contribution in [1.82, 2.24) is 0 Å². The summed E-state index contributed by atoms with van der Waals surface area (Å²) in [6, 6.07) is 16.2. The second-order valence-electron chi connectivity index (χ2n) is 4.80. The van der Waals surface area contributed by atoms with Crippen LogP contribution in [0.25, 0.3) is 10.8 Å². The molecule has 117 valence electrons. The zero-order chi connectivity index (χ0) is 16.4. The fourth-order valence-corrected chi connectivity index (χ4v) is 2.92. The molecule has 6 nitrogen and oxygen atoms in total. The number of hydrogen-bond acceptors (Lipinski definition) is 5. The number of phenols is 1. The van der Waals surface area contributed by atoms with Gasteiger partial charge in [-0.05, 0) is 24.3 Å². The quantitative estimate of drug-likeness (QED) is 0.425. The van der Waals surface area contributed by atoms with Gasteiger partial charge in [-0.25, -0.2) is 0 Å². The van der Waals surface area contributed by atoms with Crippen molar-refractivity contribution in [1.29, 1.82) is 0 Å². The van der Waals surface area contributed by atoms with Crippen LogP contribution in [0.2, 0.25) is 0 Å². The molecule has 0 saturated heterocycles. The van der Waals surface area contributed by atoms with Crippen LogP contribution in [0.4, 0.5) is 11.4 Å². The van der Waals surface area contributed by atoms with Crippen molar-refractivity contribution >= 4 is 61.8 Å². The van der Waals surface area contributed by atoms with Crippen molar-refractivity contribution in [2.24, 2.45) is 10.2 Å². The second-order valence-corrected chi connectivity index (χ2v) is 6.19. The molecular formula is C16H12N2NaO4S. The number of fused-ring (bicyclic) bond motifs is 1. The molecule has 0 aliphatic heterocycles. The maximum Gasteiger partial charge on any atom is 0.295 e. The van der Waals surface area contributed by atoms with E-state index in [9.17, 15) is 18.1 Å². The van der Waals surface area contributed by atoms with E-state index in [-0.39, 0.29) is 56.7 Å². The SMILES string of the molecule is O=S(=O)(O)c1cccc2c(O)c(N=Nc3ccccc3)ccc12.[Na]. The van der Waals surface area contributed by atoms with E-state index in [1.807, 2.05) is 18.2 Å². The second kappa shape index (κ2) is 7.42. The minimum atomic E-state index is -4.38. The van der Waals surface area contributed by atoms with Crippen molar-refractivity contribution in [3.05, 3.63) is 60.7 Å². The molecule has 0 aliphatic carbocycles. The average molecular weight is 351 g/mol. The van der Waals surface area contributed by atoms with Gasteiger partial charge in [-0.3, -0.25) is 4.55 Å². The number of aromatic hydroxyl groups is 1. The largest absolute Gasteiger partial charge is 0.505 e. The Morgan fingerprint density at radius 3 is 2.17 bits per heavy atom. The van der Waals surface area contributed by atoms with Crippen LogP contribution < -0.4 is 0 Å². The Morgan fingerprint density at radius 2 is 1.50 bits per heavy atom. The maximum absolute atomic E-state index is 11.4. The fourth-order valence-electron chi connectivity index (χ4n) is 2.21. The zero-order valence-electron chi connectivity index (χ0n) is 12.8. The van der Waals surface area contributed by atoms with Crippen LogP contribution in [0.5, 0.6) is 5.75 Å². The first-order valence-corrected chi connectivity index (χ1v) is 8.10. The number of benzene rings is 3. The smallest absolute Gasteiger partial charge is 0.295 e. The summed E-state index contributed by atoms with van der Waals surface area (Å²) in [4.78, 5) is -0.267. The molecule has 0 aliphatic rings. The van der Waals surface area contributed by atoms with Crippen LogP contribution in [0.15, 0.2) is 75.8 Å². The molecule has 2 N–H and O–H groups in total. The summed E-state index contributed by atoms with van der Waals surface area (Å²) in [5.41, 5.74) is 0.826. The molecule has 0 atom stereocenters. The van der Waals surface area contributed by atoms with Gasteiger partial charge in [0.25, 0.3) is 10.1 Å². The fraction of sp³-hybridized carbons (Fsp3) is 0. The van der Waals surface area contributed by atoms with E-state index in [1.54, 1.807) is 18.2 Å². The van der Waals surface area contributed by atoms with Gasteiger partial charge in [-0.1, -0.05) is 36.4 Å². The van der Waals surface area contributed by atoms with E-state index in [2.05, 4.69) is 10.2 Å². The molecule has 0 amide bonds. The number of nitrogens with zero attached hydrogens (tertiary/aromatic N) is 2. The van der Waals surface area contributed by atoms with Crippen LogP contribution in [0.3, 0.4) is 0 Å². The van der Waals surface area contributed by atoms with Crippen LogP contribution in [-0.4, -0.2) is 47.6 Å². The molecule has 8 heteroatoms. The van der Waals surface area contributed by atoms with Gasteiger partial charge in [0.15, 0.2) is 5.75 Å². The molecule has 0 bridgehead atoms. The van der Waals surface area contributed by atoms with Crippen LogP contribution in [0, 0.1) is 0 Å². The predicted octanol–water partition coefficient (Wildman–Crippen LogP) is 3.83. The van der Waals surface area contributed by atoms with Gasteiger partial charge in [0.1, 0.15) is 10.6 Å².